The van der Waals surface area contributed by atoms with E-state index >= 15 is 0 Å². The van der Waals surface area contributed by atoms with Crippen LogP contribution in [-0.2, 0) is 6.42 Å². The molecule has 1 rings (SSSR count). The lowest BCUT2D eigenvalue weighted by Gasteiger charge is -2.14. The van der Waals surface area contributed by atoms with Gasteiger partial charge in [-0.2, -0.15) is 0 Å². The lowest BCUT2D eigenvalue weighted by atomic mass is 10.0. The molecule has 0 bridgehead atoms. The van der Waals surface area contributed by atoms with Gasteiger partial charge in [-0.1, -0.05) is 6.08 Å². The number of nitrogens with two attached hydrogens (primary N) is 1. The molecule has 0 radical (unpaired) electrons. The normalized spacial score (nSPS) is 12.2. The zero-order valence-electron chi connectivity index (χ0n) is 9.31. The van der Waals surface area contributed by atoms with Crippen LogP contribution in [0.15, 0.2) is 24.8 Å². The van der Waals surface area contributed by atoms with Gasteiger partial charge in [-0.15, -0.1) is 6.58 Å². The molecule has 4 nitrogen and oxygen atoms in total. The second kappa shape index (κ2) is 5.53. The molecule has 0 aliphatic carbocycles. The van der Waals surface area contributed by atoms with Crippen molar-refractivity contribution in [3.05, 3.63) is 35.9 Å². The van der Waals surface area contributed by atoms with Crippen LogP contribution in [0.2, 0.25) is 0 Å². The number of ether oxygens (including phenoxy) is 1. The van der Waals surface area contributed by atoms with Crippen molar-refractivity contribution >= 4 is 0 Å². The second-order valence-corrected chi connectivity index (χ2v) is 3.51. The van der Waals surface area contributed by atoms with Gasteiger partial charge in [-0.3, -0.25) is 0 Å². The number of benzene rings is 1. The van der Waals surface area contributed by atoms with Crippen LogP contribution >= 0.6 is 0 Å². The summed E-state index contributed by atoms with van der Waals surface area (Å²) in [5.41, 5.74) is 7.14. The van der Waals surface area contributed by atoms with E-state index in [4.69, 9.17) is 15.6 Å². The van der Waals surface area contributed by atoms with E-state index in [-0.39, 0.29) is 12.4 Å². The van der Waals surface area contributed by atoms with Gasteiger partial charge < -0.3 is 20.7 Å². The van der Waals surface area contributed by atoms with Gasteiger partial charge in [-0.25, -0.2) is 0 Å². The van der Waals surface area contributed by atoms with E-state index in [2.05, 4.69) is 6.58 Å². The Kier molecular flexibility index (Phi) is 4.34. The van der Waals surface area contributed by atoms with E-state index in [1.165, 1.54) is 7.11 Å². The summed E-state index contributed by atoms with van der Waals surface area (Å²) in [6.07, 6.45) is 2.21. The van der Waals surface area contributed by atoms with Crippen LogP contribution in [0.1, 0.15) is 17.2 Å². The molecule has 0 saturated heterocycles. The lowest BCUT2D eigenvalue weighted by Crippen LogP contribution is -2.14. The average molecular weight is 223 g/mol. The van der Waals surface area contributed by atoms with E-state index < -0.39 is 6.04 Å². The third kappa shape index (κ3) is 2.53. The molecule has 1 aromatic rings. The van der Waals surface area contributed by atoms with Crippen LogP contribution in [0.5, 0.6) is 11.5 Å². The van der Waals surface area contributed by atoms with Crippen molar-refractivity contribution in [3.63, 3.8) is 0 Å². The third-order valence-corrected chi connectivity index (χ3v) is 2.39. The van der Waals surface area contributed by atoms with Crippen molar-refractivity contribution in [3.8, 4) is 11.5 Å². The number of allylic oxidation sites excluding steroid dienone is 1. The Hall–Kier alpha value is -1.52. The van der Waals surface area contributed by atoms with Crippen molar-refractivity contribution in [1.82, 2.24) is 0 Å². The Labute approximate surface area is 95.0 Å². The van der Waals surface area contributed by atoms with Crippen LogP contribution in [0.25, 0.3) is 0 Å². The Bertz CT molecular complexity index is 377. The molecule has 88 valence electrons. The van der Waals surface area contributed by atoms with Gasteiger partial charge in [0.2, 0.25) is 0 Å². The predicted molar refractivity (Wildman–Crippen MR) is 62.6 cm³/mol. The van der Waals surface area contributed by atoms with Crippen LogP contribution < -0.4 is 10.5 Å². The SMILES string of the molecule is C=CCc1cc([C@@H](N)CO)cc(OC)c1O. The summed E-state index contributed by atoms with van der Waals surface area (Å²) in [7, 11) is 1.47. The highest BCUT2D eigenvalue weighted by molar-refractivity contribution is 5.49. The molecule has 1 aromatic carbocycles. The Morgan fingerprint density at radius 3 is 2.75 bits per heavy atom. The Morgan fingerprint density at radius 1 is 1.56 bits per heavy atom. The maximum absolute atomic E-state index is 9.82. The number of phenols is 1. The Morgan fingerprint density at radius 2 is 2.25 bits per heavy atom. The number of phenolic OH excluding ortho intramolecular Hbond substituents is 1. The van der Waals surface area contributed by atoms with Gasteiger partial charge in [0.25, 0.3) is 0 Å². The molecular formula is C12H17NO3. The van der Waals surface area contributed by atoms with Crippen LogP contribution in [0, 0.1) is 0 Å². The fourth-order valence-electron chi connectivity index (χ4n) is 1.48. The van der Waals surface area contributed by atoms with Gasteiger partial charge in [0.05, 0.1) is 19.8 Å². The highest BCUT2D eigenvalue weighted by Crippen LogP contribution is 2.33. The summed E-state index contributed by atoms with van der Waals surface area (Å²) in [5, 5.41) is 18.8. The zero-order chi connectivity index (χ0) is 12.1. The van der Waals surface area contributed by atoms with Crippen molar-refractivity contribution in [1.29, 1.82) is 0 Å². The first kappa shape index (κ1) is 12.5. The summed E-state index contributed by atoms with van der Waals surface area (Å²) in [5.74, 6) is 0.453. The van der Waals surface area contributed by atoms with E-state index in [1.807, 2.05) is 0 Å². The monoisotopic (exact) mass is 223 g/mol. The minimum absolute atomic E-state index is 0.0938. The molecule has 0 amide bonds. The molecule has 16 heavy (non-hydrogen) atoms. The number of aliphatic hydroxyl groups excluding tert-OH is 1. The molecule has 0 unspecified atom stereocenters. The first-order chi connectivity index (χ1) is 7.63. The van der Waals surface area contributed by atoms with E-state index in [0.717, 1.165) is 5.56 Å². The minimum Gasteiger partial charge on any atom is -0.504 e. The number of methoxy groups -OCH3 is 1. The number of hydrogen-bond acceptors (Lipinski definition) is 4. The molecule has 0 aliphatic rings. The fraction of sp³-hybridized carbons (Fsp3) is 0.333. The van der Waals surface area contributed by atoms with Crippen molar-refractivity contribution < 1.29 is 14.9 Å². The lowest BCUT2D eigenvalue weighted by molar-refractivity contribution is 0.267. The molecule has 0 fully saturated rings. The number of rotatable bonds is 5. The van der Waals surface area contributed by atoms with Crippen molar-refractivity contribution in [2.24, 2.45) is 5.73 Å². The summed E-state index contributed by atoms with van der Waals surface area (Å²) in [4.78, 5) is 0. The first-order valence-corrected chi connectivity index (χ1v) is 5.01. The van der Waals surface area contributed by atoms with Crippen LogP contribution in [0.3, 0.4) is 0 Å². The second-order valence-electron chi connectivity index (χ2n) is 3.51. The molecule has 4 heteroatoms. The van der Waals surface area contributed by atoms with Crippen LogP contribution in [0.4, 0.5) is 0 Å². The molecular weight excluding hydrogens is 206 g/mol. The smallest absolute Gasteiger partial charge is 0.161 e. The van der Waals surface area contributed by atoms with Gasteiger partial charge in [0.1, 0.15) is 0 Å². The number of hydrogen-bond donors (Lipinski definition) is 3. The molecule has 0 aromatic heterocycles. The Balaban J connectivity index is 3.22. The summed E-state index contributed by atoms with van der Waals surface area (Å²) in [6.45, 7) is 3.46. The summed E-state index contributed by atoms with van der Waals surface area (Å²) in [6, 6.07) is 2.90. The largest absolute Gasteiger partial charge is 0.504 e. The van der Waals surface area contributed by atoms with Gasteiger partial charge in [0.15, 0.2) is 11.5 Å². The molecule has 1 atom stereocenters. The highest BCUT2D eigenvalue weighted by Gasteiger charge is 2.13. The van der Waals surface area contributed by atoms with E-state index in [1.54, 1.807) is 18.2 Å². The maximum atomic E-state index is 9.82. The summed E-state index contributed by atoms with van der Waals surface area (Å²) < 4.78 is 5.05. The topological polar surface area (TPSA) is 75.7 Å². The van der Waals surface area contributed by atoms with Crippen LogP contribution in [-0.4, -0.2) is 23.9 Å². The molecule has 0 heterocycles. The van der Waals surface area contributed by atoms with Crippen molar-refractivity contribution in [2.45, 2.75) is 12.5 Å². The molecule has 4 N–H and O–H groups in total. The number of aliphatic hydroxyl groups is 1. The average Bonchev–Trinajstić information content (AvgIpc) is 2.31. The maximum Gasteiger partial charge on any atom is 0.161 e. The number of aromatic hydroxyl groups is 1. The predicted octanol–water partition coefficient (Wildman–Crippen LogP) is 1.12. The van der Waals surface area contributed by atoms with Gasteiger partial charge in [-0.05, 0) is 24.1 Å². The van der Waals surface area contributed by atoms with E-state index in [9.17, 15) is 5.11 Å². The molecule has 0 spiro atoms. The van der Waals surface area contributed by atoms with Gasteiger partial charge in [0, 0.05) is 5.56 Å². The van der Waals surface area contributed by atoms with Crippen molar-refractivity contribution in [2.75, 3.05) is 13.7 Å². The highest BCUT2D eigenvalue weighted by atomic mass is 16.5. The van der Waals surface area contributed by atoms with Gasteiger partial charge >= 0.3 is 0 Å². The quantitative estimate of drug-likeness (QED) is 0.654. The third-order valence-electron chi connectivity index (χ3n) is 2.39. The first-order valence-electron chi connectivity index (χ1n) is 5.01. The molecule has 0 saturated carbocycles. The zero-order valence-corrected chi connectivity index (χ0v) is 9.31. The minimum atomic E-state index is -0.474. The fourth-order valence-corrected chi connectivity index (χ4v) is 1.48. The standard InChI is InChI=1S/C12H17NO3/c1-3-4-8-5-9(10(13)7-14)6-11(16-2)12(8)15/h3,5-6,10,14-15H,1,4,7,13H2,2H3/t10-/m0/s1. The van der Waals surface area contributed by atoms with E-state index in [0.29, 0.717) is 17.7 Å². The summed E-state index contributed by atoms with van der Waals surface area (Å²) >= 11 is 0. The molecule has 0 aliphatic heterocycles.